The third kappa shape index (κ3) is 5.68. The van der Waals surface area contributed by atoms with Crippen LogP contribution in [0.15, 0.2) is 28.6 Å². The van der Waals surface area contributed by atoms with Crippen molar-refractivity contribution in [2.45, 2.75) is 23.9 Å². The van der Waals surface area contributed by atoms with Gasteiger partial charge in [-0.1, -0.05) is 59.9 Å². The summed E-state index contributed by atoms with van der Waals surface area (Å²) in [6, 6.07) is 8.34. The van der Waals surface area contributed by atoms with Crippen LogP contribution in [0.25, 0.3) is 0 Å². The molecule has 1 amide bonds. The number of benzene rings is 1. The number of rotatable bonds is 7. The second kappa shape index (κ2) is 8.41. The van der Waals surface area contributed by atoms with Gasteiger partial charge >= 0.3 is 0 Å². The van der Waals surface area contributed by atoms with E-state index in [9.17, 15) is 4.79 Å². The molecule has 0 aliphatic carbocycles. The zero-order valence-electron chi connectivity index (χ0n) is 12.0. The van der Waals surface area contributed by atoms with Gasteiger partial charge in [-0.2, -0.15) is 0 Å². The summed E-state index contributed by atoms with van der Waals surface area (Å²) in [4.78, 5) is 11.8. The SMILES string of the molecule is CCSc1nnc(NC(=O)CSCc2cccc(C)c2)s1. The van der Waals surface area contributed by atoms with E-state index in [1.165, 1.54) is 22.5 Å². The second-order valence-electron chi connectivity index (χ2n) is 4.34. The Morgan fingerprint density at radius 3 is 3.00 bits per heavy atom. The van der Waals surface area contributed by atoms with Crippen LogP contribution in [0.1, 0.15) is 18.1 Å². The molecule has 2 rings (SSSR count). The van der Waals surface area contributed by atoms with Crippen LogP contribution in [0, 0.1) is 6.92 Å². The predicted molar refractivity (Wildman–Crippen MR) is 92.3 cm³/mol. The van der Waals surface area contributed by atoms with E-state index in [0.717, 1.165) is 15.8 Å². The summed E-state index contributed by atoms with van der Waals surface area (Å²) in [6.07, 6.45) is 0. The Hall–Kier alpha value is -1.05. The highest BCUT2D eigenvalue weighted by atomic mass is 32.2. The van der Waals surface area contributed by atoms with Gasteiger partial charge in [-0.25, -0.2) is 0 Å². The van der Waals surface area contributed by atoms with Crippen molar-refractivity contribution in [2.24, 2.45) is 0 Å². The zero-order valence-corrected chi connectivity index (χ0v) is 14.4. The average Bonchev–Trinajstić information content (AvgIpc) is 2.86. The molecule has 2 aromatic rings. The number of carbonyl (C=O) groups is 1. The molecule has 0 aliphatic rings. The molecule has 0 fully saturated rings. The van der Waals surface area contributed by atoms with Gasteiger partial charge in [0.15, 0.2) is 4.34 Å². The smallest absolute Gasteiger partial charge is 0.236 e. The van der Waals surface area contributed by atoms with Gasteiger partial charge in [-0.05, 0) is 18.2 Å². The van der Waals surface area contributed by atoms with Crippen LogP contribution in [0.3, 0.4) is 0 Å². The molecule has 1 N–H and O–H groups in total. The van der Waals surface area contributed by atoms with Crippen molar-refractivity contribution in [3.8, 4) is 0 Å². The number of thioether (sulfide) groups is 2. The third-order valence-electron chi connectivity index (χ3n) is 2.50. The average molecular weight is 340 g/mol. The number of aromatic nitrogens is 2. The number of hydrogen-bond acceptors (Lipinski definition) is 6. The molecule has 0 spiro atoms. The van der Waals surface area contributed by atoms with Gasteiger partial charge in [0.2, 0.25) is 11.0 Å². The lowest BCUT2D eigenvalue weighted by molar-refractivity contribution is -0.113. The Morgan fingerprint density at radius 2 is 2.24 bits per heavy atom. The molecule has 1 aromatic heterocycles. The molecule has 1 aromatic carbocycles. The standard InChI is InChI=1S/C14H17N3OS3/c1-3-20-14-17-16-13(21-14)15-12(18)9-19-8-11-6-4-5-10(2)7-11/h4-7H,3,8-9H2,1-2H3,(H,15,16,18). The molecule has 0 radical (unpaired) electrons. The van der Waals surface area contributed by atoms with Crippen LogP contribution in [0.4, 0.5) is 5.13 Å². The first kappa shape index (κ1) is 16.3. The molecule has 7 heteroatoms. The summed E-state index contributed by atoms with van der Waals surface area (Å²) in [6.45, 7) is 4.13. The lowest BCUT2D eigenvalue weighted by Gasteiger charge is -2.03. The summed E-state index contributed by atoms with van der Waals surface area (Å²) in [7, 11) is 0. The van der Waals surface area contributed by atoms with Crippen molar-refractivity contribution < 1.29 is 4.79 Å². The Morgan fingerprint density at radius 1 is 1.38 bits per heavy atom. The minimum atomic E-state index is -0.0307. The molecule has 1 heterocycles. The quantitative estimate of drug-likeness (QED) is 0.614. The normalized spacial score (nSPS) is 10.6. The molecule has 0 bridgehead atoms. The molecule has 0 saturated carbocycles. The highest BCUT2D eigenvalue weighted by Gasteiger charge is 2.08. The van der Waals surface area contributed by atoms with E-state index in [1.807, 2.05) is 6.07 Å². The first-order valence-corrected chi connectivity index (χ1v) is 9.52. The zero-order chi connectivity index (χ0) is 15.1. The maximum Gasteiger partial charge on any atom is 0.236 e. The van der Waals surface area contributed by atoms with E-state index in [-0.39, 0.29) is 5.91 Å². The van der Waals surface area contributed by atoms with Crippen LogP contribution >= 0.6 is 34.9 Å². The van der Waals surface area contributed by atoms with Gasteiger partial charge in [0.25, 0.3) is 0 Å². The molecule has 0 saturated heterocycles. The van der Waals surface area contributed by atoms with Gasteiger partial charge in [0.1, 0.15) is 0 Å². The third-order valence-corrected chi connectivity index (χ3v) is 5.36. The van der Waals surface area contributed by atoms with Crippen molar-refractivity contribution in [2.75, 3.05) is 16.8 Å². The molecule has 0 unspecified atom stereocenters. The fraction of sp³-hybridized carbons (Fsp3) is 0.357. The number of aryl methyl sites for hydroxylation is 1. The van der Waals surface area contributed by atoms with E-state index in [2.05, 4.69) is 47.6 Å². The fourth-order valence-corrected chi connectivity index (χ4v) is 4.10. The maximum absolute atomic E-state index is 11.8. The lowest BCUT2D eigenvalue weighted by Crippen LogP contribution is -2.14. The number of carbonyl (C=O) groups excluding carboxylic acids is 1. The van der Waals surface area contributed by atoms with Crippen molar-refractivity contribution in [1.29, 1.82) is 0 Å². The van der Waals surface area contributed by atoms with E-state index in [4.69, 9.17) is 0 Å². The van der Waals surface area contributed by atoms with E-state index >= 15 is 0 Å². The van der Waals surface area contributed by atoms with Crippen molar-refractivity contribution in [3.63, 3.8) is 0 Å². The lowest BCUT2D eigenvalue weighted by atomic mass is 10.2. The maximum atomic E-state index is 11.8. The minimum absolute atomic E-state index is 0.0307. The van der Waals surface area contributed by atoms with Crippen LogP contribution in [0.2, 0.25) is 0 Å². The molecule has 4 nitrogen and oxygen atoms in total. The number of hydrogen-bond donors (Lipinski definition) is 1. The second-order valence-corrected chi connectivity index (χ2v) is 7.81. The topological polar surface area (TPSA) is 54.9 Å². The molecule has 21 heavy (non-hydrogen) atoms. The molecule has 0 atom stereocenters. The van der Waals surface area contributed by atoms with E-state index in [0.29, 0.717) is 10.9 Å². The summed E-state index contributed by atoms with van der Waals surface area (Å²) in [5.41, 5.74) is 2.48. The largest absolute Gasteiger partial charge is 0.300 e. The highest BCUT2D eigenvalue weighted by Crippen LogP contribution is 2.25. The first-order valence-electron chi connectivity index (χ1n) is 6.57. The molecule has 0 aliphatic heterocycles. The first-order chi connectivity index (χ1) is 10.2. The number of anilines is 1. The van der Waals surface area contributed by atoms with Crippen molar-refractivity contribution >= 4 is 45.9 Å². The Labute approximate surface area is 137 Å². The van der Waals surface area contributed by atoms with Gasteiger partial charge in [-0.3, -0.25) is 10.1 Å². The van der Waals surface area contributed by atoms with Gasteiger partial charge in [0.05, 0.1) is 5.75 Å². The summed E-state index contributed by atoms with van der Waals surface area (Å²) in [5, 5.41) is 11.3. The summed E-state index contributed by atoms with van der Waals surface area (Å²) >= 11 is 4.64. The Kier molecular flexibility index (Phi) is 6.53. The minimum Gasteiger partial charge on any atom is -0.300 e. The van der Waals surface area contributed by atoms with Gasteiger partial charge in [0, 0.05) is 5.75 Å². The Balaban J connectivity index is 1.74. The van der Waals surface area contributed by atoms with Gasteiger partial charge < -0.3 is 0 Å². The van der Waals surface area contributed by atoms with Crippen LogP contribution in [-0.2, 0) is 10.5 Å². The van der Waals surface area contributed by atoms with Crippen LogP contribution in [0.5, 0.6) is 0 Å². The predicted octanol–water partition coefficient (Wildman–Crippen LogP) is 3.83. The highest BCUT2D eigenvalue weighted by molar-refractivity contribution is 8.01. The molecular weight excluding hydrogens is 322 g/mol. The Bertz CT molecular complexity index is 601. The molecular formula is C14H17N3OS3. The van der Waals surface area contributed by atoms with Crippen molar-refractivity contribution in [3.05, 3.63) is 35.4 Å². The number of nitrogens with one attached hydrogen (secondary N) is 1. The van der Waals surface area contributed by atoms with Gasteiger partial charge in [-0.15, -0.1) is 22.0 Å². The summed E-state index contributed by atoms with van der Waals surface area (Å²) in [5.74, 6) is 2.18. The number of amides is 1. The monoisotopic (exact) mass is 339 g/mol. The number of nitrogens with zero attached hydrogens (tertiary/aromatic N) is 2. The van der Waals surface area contributed by atoms with E-state index < -0.39 is 0 Å². The van der Waals surface area contributed by atoms with Crippen molar-refractivity contribution in [1.82, 2.24) is 10.2 Å². The van der Waals surface area contributed by atoms with Crippen LogP contribution < -0.4 is 5.32 Å². The summed E-state index contributed by atoms with van der Waals surface area (Å²) < 4.78 is 0.889. The fourth-order valence-electron chi connectivity index (χ4n) is 1.66. The van der Waals surface area contributed by atoms with E-state index in [1.54, 1.807) is 23.5 Å². The molecule has 112 valence electrons. The van der Waals surface area contributed by atoms with Crippen LogP contribution in [-0.4, -0.2) is 27.6 Å².